The number of nitrogens with zero attached hydrogens (tertiary/aromatic N) is 2. The quantitative estimate of drug-likeness (QED) is 0.913. The normalized spacial score (nSPS) is 15.7. The number of aromatic nitrogens is 2. The van der Waals surface area contributed by atoms with Crippen LogP contribution in [0.4, 0.5) is 0 Å². The van der Waals surface area contributed by atoms with Gasteiger partial charge in [-0.3, -0.25) is 19.5 Å². The monoisotopic (exact) mass is 301 g/mol. The van der Waals surface area contributed by atoms with Crippen molar-refractivity contribution in [3.05, 3.63) is 45.0 Å². The van der Waals surface area contributed by atoms with E-state index in [1.165, 1.54) is 0 Å². The van der Waals surface area contributed by atoms with Crippen molar-refractivity contribution in [2.45, 2.75) is 32.4 Å². The number of rotatable bonds is 4. The highest BCUT2D eigenvalue weighted by Crippen LogP contribution is 2.34. The molecule has 0 spiro atoms. The van der Waals surface area contributed by atoms with Gasteiger partial charge in [-0.05, 0) is 37.8 Å². The molecule has 1 fully saturated rings. The molecule has 22 heavy (non-hydrogen) atoms. The summed E-state index contributed by atoms with van der Waals surface area (Å²) in [5, 5.41) is 3.16. The molecule has 1 aromatic heterocycles. The van der Waals surface area contributed by atoms with E-state index in [0.29, 0.717) is 16.7 Å². The number of nitrogens with one attached hydrogen (secondary N) is 1. The third-order valence-corrected chi connectivity index (χ3v) is 4.49. The predicted molar refractivity (Wildman–Crippen MR) is 83.8 cm³/mol. The fourth-order valence-corrected chi connectivity index (χ4v) is 2.73. The fraction of sp³-hybridized carbons (Fsp3) is 0.438. The van der Waals surface area contributed by atoms with E-state index in [1.54, 1.807) is 36.2 Å². The number of likely N-dealkylation sites (N-methyl/N-ethyl adjacent to an activating group) is 1. The smallest absolute Gasteiger partial charge is 0.273 e. The Labute approximate surface area is 127 Å². The van der Waals surface area contributed by atoms with Gasteiger partial charge >= 0.3 is 0 Å². The number of H-pyrrole nitrogens is 1. The predicted octanol–water partition coefficient (Wildman–Crippen LogP) is 0.947. The second-order valence-corrected chi connectivity index (χ2v) is 5.96. The summed E-state index contributed by atoms with van der Waals surface area (Å²) in [6.07, 6.45) is 2.29. The van der Waals surface area contributed by atoms with Crippen LogP contribution in [-0.4, -0.2) is 33.7 Å². The van der Waals surface area contributed by atoms with Gasteiger partial charge in [-0.2, -0.15) is 0 Å². The lowest BCUT2D eigenvalue weighted by atomic mass is 10.2. The SMILES string of the molecule is C[C@H](C1CC1)N(C)C(=O)Cn1[nH]c(=O)c2ccccc2c1=O. The first-order valence-electron chi connectivity index (χ1n) is 7.46. The summed E-state index contributed by atoms with van der Waals surface area (Å²) in [6, 6.07) is 6.78. The second kappa shape index (κ2) is 5.44. The topological polar surface area (TPSA) is 75.2 Å². The minimum absolute atomic E-state index is 0.146. The molecule has 6 heteroatoms. The van der Waals surface area contributed by atoms with E-state index in [-0.39, 0.29) is 29.6 Å². The molecule has 1 heterocycles. The van der Waals surface area contributed by atoms with Crippen LogP contribution in [0.2, 0.25) is 0 Å². The summed E-state index contributed by atoms with van der Waals surface area (Å²) in [5.41, 5.74) is -0.711. The van der Waals surface area contributed by atoms with Gasteiger partial charge in [0.05, 0.1) is 10.8 Å². The molecule has 116 valence electrons. The Morgan fingerprint density at radius 3 is 2.59 bits per heavy atom. The number of hydrogen-bond acceptors (Lipinski definition) is 3. The Kier molecular flexibility index (Phi) is 3.60. The zero-order chi connectivity index (χ0) is 15.9. The van der Waals surface area contributed by atoms with Crippen LogP contribution in [0.15, 0.2) is 33.9 Å². The van der Waals surface area contributed by atoms with E-state index in [0.717, 1.165) is 17.5 Å². The van der Waals surface area contributed by atoms with Crippen LogP contribution in [0, 0.1) is 5.92 Å². The zero-order valence-electron chi connectivity index (χ0n) is 12.7. The first kappa shape index (κ1) is 14.6. The van der Waals surface area contributed by atoms with E-state index in [9.17, 15) is 14.4 Å². The van der Waals surface area contributed by atoms with Crippen LogP contribution < -0.4 is 11.1 Å². The summed E-state index contributed by atoms with van der Waals surface area (Å²) in [4.78, 5) is 38.4. The molecular formula is C16H19N3O3. The van der Waals surface area contributed by atoms with Crippen LogP contribution >= 0.6 is 0 Å². The minimum Gasteiger partial charge on any atom is -0.341 e. The molecule has 0 unspecified atom stereocenters. The maximum absolute atomic E-state index is 12.4. The van der Waals surface area contributed by atoms with Crippen molar-refractivity contribution in [2.75, 3.05) is 7.05 Å². The molecule has 0 saturated heterocycles. The Hall–Kier alpha value is -2.37. The van der Waals surface area contributed by atoms with E-state index in [2.05, 4.69) is 5.10 Å². The van der Waals surface area contributed by atoms with Crippen molar-refractivity contribution in [3.63, 3.8) is 0 Å². The minimum atomic E-state index is -0.360. The first-order valence-corrected chi connectivity index (χ1v) is 7.46. The Morgan fingerprint density at radius 2 is 1.95 bits per heavy atom. The number of carbonyl (C=O) groups is 1. The molecule has 6 nitrogen and oxygen atoms in total. The highest BCUT2D eigenvalue weighted by Gasteiger charge is 2.32. The average molecular weight is 301 g/mol. The van der Waals surface area contributed by atoms with Crippen molar-refractivity contribution in [1.82, 2.24) is 14.7 Å². The molecule has 1 aliphatic carbocycles. The molecule has 3 rings (SSSR count). The molecule has 0 radical (unpaired) electrons. The lowest BCUT2D eigenvalue weighted by molar-refractivity contribution is -0.133. The molecule has 1 N–H and O–H groups in total. The Morgan fingerprint density at radius 1 is 1.32 bits per heavy atom. The standard InChI is InChI=1S/C16H19N3O3/c1-10(11-7-8-11)18(2)14(20)9-19-16(22)13-6-4-3-5-12(13)15(21)17-19/h3-6,10-11H,7-9H2,1-2H3,(H,17,21)/t10-/m1/s1. The molecule has 0 bridgehead atoms. The molecule has 1 amide bonds. The maximum Gasteiger partial charge on any atom is 0.273 e. The van der Waals surface area contributed by atoms with Gasteiger partial charge in [0, 0.05) is 13.1 Å². The maximum atomic E-state index is 12.4. The van der Waals surface area contributed by atoms with Crippen LogP contribution in [0.3, 0.4) is 0 Å². The largest absolute Gasteiger partial charge is 0.341 e. The van der Waals surface area contributed by atoms with Gasteiger partial charge in [-0.25, -0.2) is 4.68 Å². The Balaban J connectivity index is 1.90. The number of carbonyl (C=O) groups excluding carboxylic acids is 1. The van der Waals surface area contributed by atoms with Gasteiger partial charge in [0.25, 0.3) is 11.1 Å². The first-order chi connectivity index (χ1) is 10.5. The number of fused-ring (bicyclic) bond motifs is 1. The van der Waals surface area contributed by atoms with E-state index in [4.69, 9.17) is 0 Å². The van der Waals surface area contributed by atoms with Gasteiger partial charge in [0.1, 0.15) is 6.54 Å². The van der Waals surface area contributed by atoms with Crippen LogP contribution in [0.5, 0.6) is 0 Å². The molecule has 0 aliphatic heterocycles. The van der Waals surface area contributed by atoms with Gasteiger partial charge in [0.2, 0.25) is 5.91 Å². The van der Waals surface area contributed by atoms with Gasteiger partial charge in [-0.15, -0.1) is 0 Å². The van der Waals surface area contributed by atoms with Gasteiger partial charge in [-0.1, -0.05) is 12.1 Å². The number of hydrogen-bond donors (Lipinski definition) is 1. The molecule has 1 aromatic carbocycles. The highest BCUT2D eigenvalue weighted by molar-refractivity contribution is 5.81. The van der Waals surface area contributed by atoms with Crippen LogP contribution in [0.25, 0.3) is 10.8 Å². The summed E-state index contributed by atoms with van der Waals surface area (Å²) in [6.45, 7) is 1.87. The van der Waals surface area contributed by atoms with Gasteiger partial charge < -0.3 is 4.90 Å². The third-order valence-electron chi connectivity index (χ3n) is 4.49. The number of amides is 1. The zero-order valence-corrected chi connectivity index (χ0v) is 12.7. The summed E-state index contributed by atoms with van der Waals surface area (Å²) >= 11 is 0. The van der Waals surface area contributed by atoms with E-state index < -0.39 is 0 Å². The van der Waals surface area contributed by atoms with Crippen LogP contribution in [-0.2, 0) is 11.3 Å². The fourth-order valence-electron chi connectivity index (χ4n) is 2.73. The number of benzene rings is 1. The summed E-state index contributed by atoms with van der Waals surface area (Å²) < 4.78 is 1.10. The molecule has 2 aromatic rings. The van der Waals surface area contributed by atoms with Crippen molar-refractivity contribution in [3.8, 4) is 0 Å². The van der Waals surface area contributed by atoms with E-state index >= 15 is 0 Å². The molecular weight excluding hydrogens is 282 g/mol. The lowest BCUT2D eigenvalue weighted by Gasteiger charge is -2.25. The lowest BCUT2D eigenvalue weighted by Crippen LogP contribution is -2.41. The molecule has 1 saturated carbocycles. The van der Waals surface area contributed by atoms with Crippen molar-refractivity contribution in [1.29, 1.82) is 0 Å². The average Bonchev–Trinajstić information content (AvgIpc) is 3.35. The molecule has 1 aliphatic rings. The van der Waals surface area contributed by atoms with Crippen molar-refractivity contribution >= 4 is 16.7 Å². The third kappa shape index (κ3) is 2.56. The van der Waals surface area contributed by atoms with Gasteiger partial charge in [0.15, 0.2) is 0 Å². The van der Waals surface area contributed by atoms with Crippen molar-refractivity contribution in [2.24, 2.45) is 5.92 Å². The van der Waals surface area contributed by atoms with Crippen LogP contribution in [0.1, 0.15) is 19.8 Å². The number of aromatic amines is 1. The van der Waals surface area contributed by atoms with E-state index in [1.807, 2.05) is 6.92 Å². The molecule has 1 atom stereocenters. The second-order valence-electron chi connectivity index (χ2n) is 5.96. The summed E-state index contributed by atoms with van der Waals surface area (Å²) in [5.74, 6) is 0.383. The Bertz CT molecular complexity index is 832. The highest BCUT2D eigenvalue weighted by atomic mass is 16.2. The van der Waals surface area contributed by atoms with Crippen molar-refractivity contribution < 1.29 is 4.79 Å². The summed E-state index contributed by atoms with van der Waals surface area (Å²) in [7, 11) is 1.75.